The molecule has 0 atom stereocenters. The Hall–Kier alpha value is -1.63. The molecule has 3 N–H and O–H groups in total. The first-order chi connectivity index (χ1) is 9.49. The molecule has 0 bridgehead atoms. The summed E-state index contributed by atoms with van der Waals surface area (Å²) in [4.78, 5) is 4.22. The Labute approximate surface area is 122 Å². The molecule has 0 aliphatic rings. The molecule has 7 heteroatoms. The van der Waals surface area contributed by atoms with E-state index in [2.05, 4.69) is 9.71 Å². The molecule has 20 heavy (non-hydrogen) atoms. The predicted molar refractivity (Wildman–Crippen MR) is 79.0 cm³/mol. The highest BCUT2D eigenvalue weighted by molar-refractivity contribution is 7.89. The second-order valence-electron chi connectivity index (χ2n) is 4.15. The van der Waals surface area contributed by atoms with Crippen LogP contribution in [0, 0.1) is 0 Å². The molecular formula is C13H14ClN3O2S. The Morgan fingerprint density at radius 3 is 2.70 bits per heavy atom. The lowest BCUT2D eigenvalue weighted by molar-refractivity contribution is 0.581. The first kappa shape index (κ1) is 14.8. The van der Waals surface area contributed by atoms with Gasteiger partial charge < -0.3 is 5.73 Å². The Bertz CT molecular complexity index is 690. The third-order valence-corrected chi connectivity index (χ3v) is 4.47. The van der Waals surface area contributed by atoms with Gasteiger partial charge in [0.15, 0.2) is 0 Å². The van der Waals surface area contributed by atoms with Gasteiger partial charge in [0.05, 0.1) is 15.6 Å². The van der Waals surface area contributed by atoms with E-state index in [9.17, 15) is 8.42 Å². The molecule has 106 valence electrons. The number of sulfonamides is 1. The van der Waals surface area contributed by atoms with Gasteiger partial charge in [0.25, 0.3) is 0 Å². The number of benzene rings is 1. The van der Waals surface area contributed by atoms with Crippen LogP contribution in [-0.4, -0.2) is 19.9 Å². The predicted octanol–water partition coefficient (Wildman–Crippen LogP) is 1.84. The van der Waals surface area contributed by atoms with Crippen LogP contribution in [0.15, 0.2) is 47.5 Å². The third kappa shape index (κ3) is 3.69. The van der Waals surface area contributed by atoms with Crippen LogP contribution in [0.4, 0.5) is 5.69 Å². The molecule has 0 aliphatic carbocycles. The number of aromatic nitrogens is 1. The van der Waals surface area contributed by atoms with E-state index in [0.717, 1.165) is 5.69 Å². The molecule has 2 aromatic rings. The molecule has 0 spiro atoms. The lowest BCUT2D eigenvalue weighted by Gasteiger charge is -2.07. The molecule has 2 rings (SSSR count). The zero-order valence-electron chi connectivity index (χ0n) is 10.6. The number of anilines is 1. The van der Waals surface area contributed by atoms with Crippen molar-refractivity contribution in [2.24, 2.45) is 0 Å². The van der Waals surface area contributed by atoms with E-state index in [-0.39, 0.29) is 16.5 Å². The van der Waals surface area contributed by atoms with Crippen LogP contribution < -0.4 is 10.5 Å². The molecule has 1 aromatic carbocycles. The Balaban J connectivity index is 2.02. The second-order valence-corrected chi connectivity index (χ2v) is 6.33. The standard InChI is InChI=1S/C13H14ClN3O2S/c14-12-9-11(4-5-13(12)15)20(18,19)17-8-6-10-3-1-2-7-16-10/h1-5,7,9,17H,6,8,15H2. The van der Waals surface area contributed by atoms with Crippen LogP contribution in [0.25, 0.3) is 0 Å². The number of nitrogens with two attached hydrogens (primary N) is 1. The fraction of sp³-hybridized carbons (Fsp3) is 0.154. The number of hydrogen-bond acceptors (Lipinski definition) is 4. The van der Waals surface area contributed by atoms with E-state index in [1.165, 1.54) is 18.2 Å². The number of rotatable bonds is 5. The van der Waals surface area contributed by atoms with E-state index in [1.54, 1.807) is 6.20 Å². The Morgan fingerprint density at radius 2 is 2.05 bits per heavy atom. The van der Waals surface area contributed by atoms with Crippen molar-refractivity contribution in [2.75, 3.05) is 12.3 Å². The zero-order valence-corrected chi connectivity index (χ0v) is 12.2. The summed E-state index contributed by atoms with van der Waals surface area (Å²) in [6.45, 7) is 0.265. The smallest absolute Gasteiger partial charge is 0.240 e. The monoisotopic (exact) mass is 311 g/mol. The van der Waals surface area contributed by atoms with Gasteiger partial charge in [0, 0.05) is 24.9 Å². The van der Waals surface area contributed by atoms with Crippen molar-refractivity contribution in [3.05, 3.63) is 53.3 Å². The van der Waals surface area contributed by atoms with Crippen molar-refractivity contribution in [1.29, 1.82) is 0 Å². The average molecular weight is 312 g/mol. The number of nitrogens with zero attached hydrogens (tertiary/aromatic N) is 1. The largest absolute Gasteiger partial charge is 0.398 e. The lowest BCUT2D eigenvalue weighted by atomic mass is 10.3. The molecule has 0 aliphatic heterocycles. The zero-order chi connectivity index (χ0) is 14.6. The Morgan fingerprint density at radius 1 is 1.25 bits per heavy atom. The minimum Gasteiger partial charge on any atom is -0.398 e. The van der Waals surface area contributed by atoms with Crippen molar-refractivity contribution >= 4 is 27.3 Å². The summed E-state index contributed by atoms with van der Waals surface area (Å²) in [6.07, 6.45) is 2.19. The highest BCUT2D eigenvalue weighted by Gasteiger charge is 2.14. The van der Waals surface area contributed by atoms with Crippen LogP contribution in [0.3, 0.4) is 0 Å². The Kier molecular flexibility index (Phi) is 4.59. The van der Waals surface area contributed by atoms with E-state index >= 15 is 0 Å². The maximum atomic E-state index is 12.1. The molecule has 1 heterocycles. The second kappa shape index (κ2) is 6.21. The van der Waals surface area contributed by atoms with Gasteiger partial charge in [-0.1, -0.05) is 17.7 Å². The maximum absolute atomic E-state index is 12.1. The first-order valence-electron chi connectivity index (χ1n) is 5.93. The molecule has 0 saturated carbocycles. The van der Waals surface area contributed by atoms with Gasteiger partial charge in [-0.3, -0.25) is 4.98 Å². The molecule has 1 aromatic heterocycles. The summed E-state index contributed by atoms with van der Waals surface area (Å²) in [6, 6.07) is 9.73. The number of halogens is 1. The molecule has 0 fully saturated rings. The maximum Gasteiger partial charge on any atom is 0.240 e. The lowest BCUT2D eigenvalue weighted by Crippen LogP contribution is -2.26. The summed E-state index contributed by atoms with van der Waals surface area (Å²) in [5.41, 5.74) is 6.72. The molecule has 0 radical (unpaired) electrons. The summed E-state index contributed by atoms with van der Waals surface area (Å²) in [7, 11) is -3.59. The molecular weight excluding hydrogens is 298 g/mol. The summed E-state index contributed by atoms with van der Waals surface area (Å²) >= 11 is 5.82. The van der Waals surface area contributed by atoms with Crippen LogP contribution in [0.1, 0.15) is 5.69 Å². The number of hydrogen-bond donors (Lipinski definition) is 2. The van der Waals surface area contributed by atoms with Gasteiger partial charge in [-0.25, -0.2) is 13.1 Å². The van der Waals surface area contributed by atoms with Crippen LogP contribution >= 0.6 is 11.6 Å². The van der Waals surface area contributed by atoms with Gasteiger partial charge in [-0.05, 0) is 30.3 Å². The number of nitrogens with one attached hydrogen (secondary N) is 1. The van der Waals surface area contributed by atoms with E-state index < -0.39 is 10.0 Å². The van der Waals surface area contributed by atoms with Crippen molar-refractivity contribution in [2.45, 2.75) is 11.3 Å². The van der Waals surface area contributed by atoms with Crippen molar-refractivity contribution in [3.63, 3.8) is 0 Å². The number of nitrogen functional groups attached to an aromatic ring is 1. The molecule has 5 nitrogen and oxygen atoms in total. The van der Waals surface area contributed by atoms with Gasteiger partial charge in [-0.2, -0.15) is 0 Å². The molecule has 0 amide bonds. The van der Waals surface area contributed by atoms with Gasteiger partial charge >= 0.3 is 0 Å². The summed E-state index contributed by atoms with van der Waals surface area (Å²) in [5.74, 6) is 0. The van der Waals surface area contributed by atoms with E-state index in [0.29, 0.717) is 12.1 Å². The number of pyridine rings is 1. The van der Waals surface area contributed by atoms with Crippen molar-refractivity contribution < 1.29 is 8.42 Å². The summed E-state index contributed by atoms with van der Waals surface area (Å²) < 4.78 is 26.6. The van der Waals surface area contributed by atoms with Gasteiger partial charge in [0.2, 0.25) is 10.0 Å². The average Bonchev–Trinajstić information content (AvgIpc) is 2.43. The third-order valence-electron chi connectivity index (χ3n) is 2.68. The van der Waals surface area contributed by atoms with Crippen molar-refractivity contribution in [1.82, 2.24) is 9.71 Å². The minimum absolute atomic E-state index is 0.0951. The summed E-state index contributed by atoms with van der Waals surface area (Å²) in [5, 5.41) is 0.220. The van der Waals surface area contributed by atoms with Crippen molar-refractivity contribution in [3.8, 4) is 0 Å². The highest BCUT2D eigenvalue weighted by atomic mass is 35.5. The van der Waals surface area contributed by atoms with Crippen LogP contribution in [-0.2, 0) is 16.4 Å². The first-order valence-corrected chi connectivity index (χ1v) is 7.80. The van der Waals surface area contributed by atoms with E-state index in [1.807, 2.05) is 18.2 Å². The highest BCUT2D eigenvalue weighted by Crippen LogP contribution is 2.22. The fourth-order valence-electron chi connectivity index (χ4n) is 1.62. The van der Waals surface area contributed by atoms with Crippen LogP contribution in [0.5, 0.6) is 0 Å². The SMILES string of the molecule is Nc1ccc(S(=O)(=O)NCCc2ccccn2)cc1Cl. The van der Waals surface area contributed by atoms with Gasteiger partial charge in [0.1, 0.15) is 0 Å². The molecule has 0 saturated heterocycles. The molecule has 0 unspecified atom stereocenters. The quantitative estimate of drug-likeness (QED) is 0.825. The normalized spacial score (nSPS) is 11.4. The van der Waals surface area contributed by atoms with Gasteiger partial charge in [-0.15, -0.1) is 0 Å². The van der Waals surface area contributed by atoms with E-state index in [4.69, 9.17) is 17.3 Å². The van der Waals surface area contributed by atoms with Crippen LogP contribution in [0.2, 0.25) is 5.02 Å². The fourth-order valence-corrected chi connectivity index (χ4v) is 2.92. The topological polar surface area (TPSA) is 85.1 Å². The minimum atomic E-state index is -3.59.